The molecule has 288 valence electrons. The van der Waals surface area contributed by atoms with Crippen LogP contribution in [0.2, 0.25) is 0 Å². The Morgan fingerprint density at radius 1 is 0.745 bits per heavy atom. The van der Waals surface area contributed by atoms with Crippen LogP contribution in [-0.4, -0.2) is 19.3 Å². The standard InChI is InChI=1S/C50H62N4O/c1-30(2)34-24-36(54-33(5)46(32(4)52-54)47-41(49(9,10)11)26-35(48(6,7)8)27-42(47)50(12,13)14)28-38(25-34)55-37-19-20-40-39-17-15-16-18-43(39)53(44(40)29-37)45-23-31(3)21-22-51-45/h15-26,28-30,35,42,47H,27H2,1-14H3/t35-,42+,47?/m1/s1. The van der Waals surface area contributed by atoms with Crippen molar-refractivity contribution in [2.24, 2.45) is 28.1 Å². The van der Waals surface area contributed by atoms with Crippen LogP contribution < -0.4 is 4.74 Å². The second-order valence-corrected chi connectivity index (χ2v) is 19.8. The minimum atomic E-state index is 0.0276. The lowest BCUT2D eigenvalue weighted by atomic mass is 9.55. The van der Waals surface area contributed by atoms with Crippen LogP contribution in [0.15, 0.2) is 90.6 Å². The minimum absolute atomic E-state index is 0.0276. The molecule has 0 radical (unpaired) electrons. The van der Waals surface area contributed by atoms with Crippen LogP contribution >= 0.6 is 0 Å². The molecule has 0 N–H and O–H groups in total. The number of para-hydroxylation sites is 1. The molecule has 0 amide bonds. The van der Waals surface area contributed by atoms with Gasteiger partial charge in [-0.1, -0.05) is 106 Å². The quantitative estimate of drug-likeness (QED) is 0.160. The molecule has 1 aliphatic rings. The SMILES string of the molecule is Cc1ccnc(-n2c3ccccc3c3ccc(Oc4cc(C(C)C)cc(-n5nc(C)c(C6C(C(C)(C)C)=C[C@@H](C(C)(C)C)C[C@@H]6C(C)(C)C)c5C)c4)cc32)c1. The molecule has 0 bridgehead atoms. The van der Waals surface area contributed by atoms with Crippen molar-refractivity contribution in [3.63, 3.8) is 0 Å². The monoisotopic (exact) mass is 734 g/mol. The van der Waals surface area contributed by atoms with Gasteiger partial charge in [0.15, 0.2) is 0 Å². The van der Waals surface area contributed by atoms with Gasteiger partial charge in [-0.2, -0.15) is 5.10 Å². The number of nitrogens with zero attached hydrogens (tertiary/aromatic N) is 4. The Balaban J connectivity index is 1.34. The van der Waals surface area contributed by atoms with E-state index in [2.05, 4.69) is 179 Å². The summed E-state index contributed by atoms with van der Waals surface area (Å²) in [6, 6.07) is 25.8. The zero-order valence-electron chi connectivity index (χ0n) is 35.8. The zero-order chi connectivity index (χ0) is 39.8. The number of hydrogen-bond acceptors (Lipinski definition) is 3. The largest absolute Gasteiger partial charge is 0.457 e. The van der Waals surface area contributed by atoms with Crippen molar-refractivity contribution >= 4 is 21.8 Å². The first-order valence-electron chi connectivity index (χ1n) is 20.3. The second kappa shape index (κ2) is 13.8. The summed E-state index contributed by atoms with van der Waals surface area (Å²) in [6.45, 7) is 32.8. The van der Waals surface area contributed by atoms with Gasteiger partial charge < -0.3 is 4.74 Å². The average Bonchev–Trinajstić information content (AvgIpc) is 3.58. The van der Waals surface area contributed by atoms with Gasteiger partial charge in [0.05, 0.1) is 22.4 Å². The number of ether oxygens (including phenoxy) is 1. The summed E-state index contributed by atoms with van der Waals surface area (Å²) in [7, 11) is 0. The van der Waals surface area contributed by atoms with Gasteiger partial charge in [-0.25, -0.2) is 9.67 Å². The lowest BCUT2D eigenvalue weighted by molar-refractivity contribution is 0.120. The summed E-state index contributed by atoms with van der Waals surface area (Å²) in [4.78, 5) is 4.78. The fraction of sp³-hybridized carbons (Fsp3) is 0.440. The number of pyridine rings is 1. The smallest absolute Gasteiger partial charge is 0.137 e. The molecule has 0 aliphatic heterocycles. The Morgan fingerprint density at radius 3 is 2.11 bits per heavy atom. The van der Waals surface area contributed by atoms with Gasteiger partial charge in [-0.15, -0.1) is 0 Å². The van der Waals surface area contributed by atoms with E-state index in [0.717, 1.165) is 39.7 Å². The van der Waals surface area contributed by atoms with Crippen molar-refractivity contribution in [1.29, 1.82) is 0 Å². The summed E-state index contributed by atoms with van der Waals surface area (Å²) in [5.41, 5.74) is 11.2. The van der Waals surface area contributed by atoms with E-state index in [1.807, 2.05) is 12.3 Å². The van der Waals surface area contributed by atoms with Gasteiger partial charge in [0.2, 0.25) is 0 Å². The lowest BCUT2D eigenvalue weighted by Gasteiger charge is -2.49. The van der Waals surface area contributed by atoms with Crippen LogP contribution in [0.4, 0.5) is 0 Å². The van der Waals surface area contributed by atoms with Gasteiger partial charge in [0.25, 0.3) is 0 Å². The fourth-order valence-corrected chi connectivity index (χ4v) is 9.06. The number of fused-ring (bicyclic) bond motifs is 3. The first kappa shape index (κ1) is 38.6. The van der Waals surface area contributed by atoms with E-state index in [-0.39, 0.29) is 22.2 Å². The van der Waals surface area contributed by atoms with Crippen molar-refractivity contribution in [2.75, 3.05) is 0 Å². The van der Waals surface area contributed by atoms with Crippen LogP contribution in [-0.2, 0) is 0 Å². The summed E-state index contributed by atoms with van der Waals surface area (Å²) in [5, 5.41) is 7.72. The molecule has 55 heavy (non-hydrogen) atoms. The molecule has 3 aromatic carbocycles. The number of aromatic nitrogens is 4. The summed E-state index contributed by atoms with van der Waals surface area (Å²) in [5.74, 6) is 4.09. The van der Waals surface area contributed by atoms with Crippen LogP contribution in [0.25, 0.3) is 33.3 Å². The number of rotatable bonds is 6. The normalized spacial score (nSPS) is 18.4. The second-order valence-electron chi connectivity index (χ2n) is 19.8. The number of benzene rings is 3. The van der Waals surface area contributed by atoms with E-state index in [1.165, 1.54) is 39.6 Å². The predicted molar refractivity (Wildman–Crippen MR) is 231 cm³/mol. The maximum absolute atomic E-state index is 6.83. The molecular weight excluding hydrogens is 673 g/mol. The maximum Gasteiger partial charge on any atom is 0.137 e. The molecule has 3 heterocycles. The molecule has 1 aliphatic carbocycles. The molecule has 3 aromatic heterocycles. The van der Waals surface area contributed by atoms with E-state index in [9.17, 15) is 0 Å². The third-order valence-corrected chi connectivity index (χ3v) is 12.2. The van der Waals surface area contributed by atoms with Crippen LogP contribution in [0.3, 0.4) is 0 Å². The topological polar surface area (TPSA) is 44.9 Å². The van der Waals surface area contributed by atoms with Crippen LogP contribution in [0.1, 0.15) is 122 Å². The molecule has 0 fully saturated rings. The number of hydrogen-bond donors (Lipinski definition) is 0. The zero-order valence-corrected chi connectivity index (χ0v) is 35.8. The highest BCUT2D eigenvalue weighted by atomic mass is 16.5. The van der Waals surface area contributed by atoms with Gasteiger partial charge in [-0.05, 0) is 115 Å². The molecule has 5 heteroatoms. The highest BCUT2D eigenvalue weighted by Crippen LogP contribution is 2.57. The van der Waals surface area contributed by atoms with Gasteiger partial charge in [-0.3, -0.25) is 4.57 Å². The summed E-state index contributed by atoms with van der Waals surface area (Å²) in [6.07, 6.45) is 5.71. The number of aryl methyl sites for hydroxylation is 2. The first-order valence-corrected chi connectivity index (χ1v) is 20.3. The molecule has 3 atom stereocenters. The Bertz CT molecular complexity index is 2420. The first-order chi connectivity index (χ1) is 25.7. The van der Waals surface area contributed by atoms with Crippen molar-refractivity contribution in [2.45, 2.75) is 115 Å². The third kappa shape index (κ3) is 7.28. The summed E-state index contributed by atoms with van der Waals surface area (Å²) < 4.78 is 11.3. The molecule has 7 rings (SSSR count). The summed E-state index contributed by atoms with van der Waals surface area (Å²) >= 11 is 0. The minimum Gasteiger partial charge on any atom is -0.457 e. The van der Waals surface area contributed by atoms with Gasteiger partial charge in [0, 0.05) is 46.3 Å². The van der Waals surface area contributed by atoms with E-state index in [4.69, 9.17) is 14.8 Å². The Hall–Kier alpha value is -4.64. The van der Waals surface area contributed by atoms with Crippen LogP contribution in [0, 0.1) is 48.9 Å². The average molecular weight is 735 g/mol. The molecule has 5 nitrogen and oxygen atoms in total. The van der Waals surface area contributed by atoms with E-state index in [1.54, 1.807) is 5.57 Å². The van der Waals surface area contributed by atoms with Crippen molar-refractivity contribution in [1.82, 2.24) is 19.3 Å². The van der Waals surface area contributed by atoms with Crippen LogP contribution in [0.5, 0.6) is 11.5 Å². The fourth-order valence-electron chi connectivity index (χ4n) is 9.06. The highest BCUT2D eigenvalue weighted by Gasteiger charge is 2.46. The van der Waals surface area contributed by atoms with E-state index >= 15 is 0 Å². The van der Waals surface area contributed by atoms with Crippen molar-refractivity contribution in [3.05, 3.63) is 119 Å². The Kier molecular flexibility index (Phi) is 9.71. The van der Waals surface area contributed by atoms with Crippen molar-refractivity contribution in [3.8, 4) is 23.0 Å². The molecule has 6 aromatic rings. The molecule has 1 unspecified atom stereocenters. The van der Waals surface area contributed by atoms with E-state index < -0.39 is 0 Å². The van der Waals surface area contributed by atoms with Gasteiger partial charge >= 0.3 is 0 Å². The van der Waals surface area contributed by atoms with Crippen molar-refractivity contribution < 1.29 is 4.74 Å². The third-order valence-electron chi connectivity index (χ3n) is 12.2. The lowest BCUT2D eigenvalue weighted by Crippen LogP contribution is -2.39. The van der Waals surface area contributed by atoms with E-state index in [0.29, 0.717) is 17.8 Å². The molecule has 0 saturated carbocycles. The maximum atomic E-state index is 6.83. The predicted octanol–water partition coefficient (Wildman–Crippen LogP) is 14.0. The van der Waals surface area contributed by atoms with Gasteiger partial charge in [0.1, 0.15) is 17.3 Å². The Morgan fingerprint density at radius 2 is 1.45 bits per heavy atom. The number of allylic oxidation sites excluding steroid dienone is 2. The molecule has 0 spiro atoms. The Labute approximate surface area is 329 Å². The highest BCUT2D eigenvalue weighted by molar-refractivity contribution is 6.09. The molecule has 0 saturated heterocycles. The molecular formula is C50H62N4O.